The highest BCUT2D eigenvalue weighted by atomic mass is 32.2. The van der Waals surface area contributed by atoms with Gasteiger partial charge in [0.05, 0.1) is 11.5 Å². The molecule has 0 spiro atoms. The highest BCUT2D eigenvalue weighted by Crippen LogP contribution is 2.34. The number of benzene rings is 2. The van der Waals surface area contributed by atoms with Crippen LogP contribution in [0.25, 0.3) is 11.8 Å². The molecule has 0 unspecified atom stereocenters. The monoisotopic (exact) mass is 401 g/mol. The summed E-state index contributed by atoms with van der Waals surface area (Å²) in [5, 5.41) is 19.3. The largest absolute Gasteiger partial charge is 0.505 e. The Bertz CT molecular complexity index is 1070. The third-order valence-electron chi connectivity index (χ3n) is 4.20. The topological polar surface area (TPSA) is 104 Å². The van der Waals surface area contributed by atoms with Crippen LogP contribution in [0.5, 0.6) is 5.75 Å². The van der Waals surface area contributed by atoms with Gasteiger partial charge < -0.3 is 14.9 Å². The van der Waals surface area contributed by atoms with Gasteiger partial charge in [-0.3, -0.25) is 9.10 Å². The third-order valence-corrected chi connectivity index (χ3v) is 6.01. The second kappa shape index (κ2) is 7.87. The number of hydrogen-bond donors (Lipinski definition) is 2. The Balaban J connectivity index is 1.93. The van der Waals surface area contributed by atoms with Crippen molar-refractivity contribution >= 4 is 27.6 Å². The molecule has 2 aromatic carbocycles. The summed E-state index contributed by atoms with van der Waals surface area (Å²) in [6.07, 6.45) is 2.69. The fourth-order valence-electron chi connectivity index (χ4n) is 2.83. The van der Waals surface area contributed by atoms with Crippen molar-refractivity contribution in [1.29, 1.82) is 0 Å². The van der Waals surface area contributed by atoms with E-state index in [1.54, 1.807) is 36.4 Å². The van der Waals surface area contributed by atoms with Crippen LogP contribution in [0.3, 0.4) is 0 Å². The van der Waals surface area contributed by atoms with Gasteiger partial charge in [-0.2, -0.15) is 0 Å². The van der Waals surface area contributed by atoms with E-state index in [2.05, 4.69) is 0 Å². The smallest absolute Gasteiger partial charge is 0.265 e. The van der Waals surface area contributed by atoms with Crippen LogP contribution in [0.15, 0.2) is 65.2 Å². The van der Waals surface area contributed by atoms with E-state index < -0.39 is 15.8 Å². The molecule has 2 aromatic rings. The fourth-order valence-corrected chi connectivity index (χ4v) is 4.23. The lowest BCUT2D eigenvalue weighted by molar-refractivity contribution is -0.112. The molecule has 1 aliphatic heterocycles. The number of nitrogens with zero attached hydrogens (tertiary/aromatic N) is 1. The van der Waals surface area contributed by atoms with Crippen LogP contribution in [0.2, 0.25) is 0 Å². The molecule has 0 aliphatic carbocycles. The van der Waals surface area contributed by atoms with Crippen molar-refractivity contribution in [2.75, 3.05) is 20.3 Å². The average molecular weight is 401 g/mol. The Morgan fingerprint density at radius 2 is 1.93 bits per heavy atom. The third kappa shape index (κ3) is 3.64. The zero-order valence-electron chi connectivity index (χ0n) is 15.1. The molecule has 0 saturated heterocycles. The van der Waals surface area contributed by atoms with E-state index in [1.165, 1.54) is 31.3 Å². The Kier molecular flexibility index (Phi) is 5.53. The molecule has 1 heterocycles. The predicted octanol–water partition coefficient (Wildman–Crippen LogP) is 2.20. The van der Waals surface area contributed by atoms with Crippen molar-refractivity contribution in [3.8, 4) is 5.75 Å². The zero-order chi connectivity index (χ0) is 20.3. The van der Waals surface area contributed by atoms with Crippen LogP contribution in [0, 0.1) is 0 Å². The van der Waals surface area contributed by atoms with Gasteiger partial charge in [0.2, 0.25) is 5.78 Å². The molecule has 0 fully saturated rings. The molecule has 0 saturated carbocycles. The Labute approximate surface area is 162 Å². The van der Waals surface area contributed by atoms with Gasteiger partial charge in [-0.15, -0.1) is 0 Å². The zero-order valence-corrected chi connectivity index (χ0v) is 15.9. The Morgan fingerprint density at radius 3 is 2.68 bits per heavy atom. The van der Waals surface area contributed by atoms with E-state index in [0.29, 0.717) is 11.3 Å². The summed E-state index contributed by atoms with van der Waals surface area (Å²) < 4.78 is 31.4. The number of hydrogen-bond acceptors (Lipinski definition) is 6. The first-order valence-electron chi connectivity index (χ1n) is 8.44. The molecule has 3 rings (SSSR count). The first-order chi connectivity index (χ1) is 13.4. The summed E-state index contributed by atoms with van der Waals surface area (Å²) in [4.78, 5) is 12.6. The molecule has 2 N–H and O–H groups in total. The number of ketones is 1. The molecule has 0 atom stereocenters. The van der Waals surface area contributed by atoms with Crippen molar-refractivity contribution in [3.05, 3.63) is 71.4 Å². The number of fused-ring (bicyclic) bond motifs is 1. The molecule has 0 bridgehead atoms. The minimum Gasteiger partial charge on any atom is -0.505 e. The van der Waals surface area contributed by atoms with Crippen molar-refractivity contribution in [2.45, 2.75) is 4.90 Å². The highest BCUT2D eigenvalue weighted by molar-refractivity contribution is 7.89. The normalized spacial score (nSPS) is 15.6. The van der Waals surface area contributed by atoms with E-state index in [0.717, 1.165) is 4.31 Å². The predicted molar refractivity (Wildman–Crippen MR) is 104 cm³/mol. The summed E-state index contributed by atoms with van der Waals surface area (Å²) in [7, 11) is -2.70. The summed E-state index contributed by atoms with van der Waals surface area (Å²) in [5.74, 6) is -0.514. The maximum Gasteiger partial charge on any atom is 0.265 e. The van der Waals surface area contributed by atoms with Crippen LogP contribution in [0.4, 0.5) is 0 Å². The quantitative estimate of drug-likeness (QED) is 0.719. The highest BCUT2D eigenvalue weighted by Gasteiger charge is 2.36. The molecular formula is C20H19NO6S. The van der Waals surface area contributed by atoms with Crippen LogP contribution in [-0.4, -0.2) is 49.0 Å². The van der Waals surface area contributed by atoms with E-state index in [1.807, 2.05) is 0 Å². The van der Waals surface area contributed by atoms with Gasteiger partial charge in [-0.05, 0) is 35.9 Å². The van der Waals surface area contributed by atoms with Gasteiger partial charge in [-0.25, -0.2) is 8.42 Å². The lowest BCUT2D eigenvalue weighted by atomic mass is 10.1. The number of allylic oxidation sites excluding steroid dienone is 1. The van der Waals surface area contributed by atoms with E-state index >= 15 is 0 Å². The minimum absolute atomic E-state index is 0.0516. The number of rotatable bonds is 6. The second-order valence-electron chi connectivity index (χ2n) is 6.01. The lowest BCUT2D eigenvalue weighted by Crippen LogP contribution is -2.34. The van der Waals surface area contributed by atoms with E-state index in [9.17, 15) is 18.3 Å². The summed E-state index contributed by atoms with van der Waals surface area (Å²) in [6, 6.07) is 12.8. The second-order valence-corrected chi connectivity index (χ2v) is 7.95. The standard InChI is InChI=1S/C20H19NO6S/c1-21-19(20(24)16-7-2-3-8-18(16)28(21,25)26)17(23)10-9-14-5-4-6-15(13-14)27-12-11-22/h2-10,13,22,24H,11-12H2,1H3. The molecular weight excluding hydrogens is 382 g/mol. The van der Waals surface area contributed by atoms with Gasteiger partial charge >= 0.3 is 0 Å². The van der Waals surface area contributed by atoms with Gasteiger partial charge in [-0.1, -0.05) is 30.3 Å². The molecule has 28 heavy (non-hydrogen) atoms. The van der Waals surface area contributed by atoms with Gasteiger partial charge in [0.1, 0.15) is 18.1 Å². The van der Waals surface area contributed by atoms with E-state index in [4.69, 9.17) is 9.84 Å². The number of sulfonamides is 1. The number of carbonyl (C=O) groups is 1. The number of carbonyl (C=O) groups excluding carboxylic acids is 1. The molecule has 7 nitrogen and oxygen atoms in total. The molecule has 146 valence electrons. The number of ether oxygens (including phenoxy) is 1. The maximum absolute atomic E-state index is 12.7. The van der Waals surface area contributed by atoms with Crippen molar-refractivity contribution in [1.82, 2.24) is 4.31 Å². The Hall–Kier alpha value is -3.10. The lowest BCUT2D eigenvalue weighted by Gasteiger charge is -2.27. The van der Waals surface area contributed by atoms with Gasteiger partial charge in [0, 0.05) is 12.6 Å². The first-order valence-corrected chi connectivity index (χ1v) is 9.88. The first kappa shape index (κ1) is 19.7. The van der Waals surface area contributed by atoms with Crippen LogP contribution in [0.1, 0.15) is 11.1 Å². The van der Waals surface area contributed by atoms with Crippen molar-refractivity contribution < 1.29 is 28.2 Å². The van der Waals surface area contributed by atoms with Crippen LogP contribution in [-0.2, 0) is 14.8 Å². The van der Waals surface area contributed by atoms with Gasteiger partial charge in [0.15, 0.2) is 5.76 Å². The molecule has 0 amide bonds. The summed E-state index contributed by atoms with van der Waals surface area (Å²) >= 11 is 0. The minimum atomic E-state index is -3.93. The van der Waals surface area contributed by atoms with Crippen LogP contribution >= 0.6 is 0 Å². The number of aliphatic hydroxyl groups is 2. The average Bonchev–Trinajstić information content (AvgIpc) is 2.70. The van der Waals surface area contributed by atoms with Crippen molar-refractivity contribution in [3.63, 3.8) is 0 Å². The number of aliphatic hydroxyl groups excluding tert-OH is 2. The fraction of sp³-hybridized carbons (Fsp3) is 0.150. The van der Waals surface area contributed by atoms with Crippen LogP contribution < -0.4 is 4.74 Å². The maximum atomic E-state index is 12.7. The Morgan fingerprint density at radius 1 is 1.18 bits per heavy atom. The van der Waals surface area contributed by atoms with Gasteiger partial charge in [0.25, 0.3) is 10.0 Å². The van der Waals surface area contributed by atoms with E-state index in [-0.39, 0.29) is 35.1 Å². The van der Waals surface area contributed by atoms with Crippen molar-refractivity contribution in [2.24, 2.45) is 0 Å². The molecule has 8 heteroatoms. The number of likely N-dealkylation sites (N-methyl/N-ethyl adjacent to an activating group) is 1. The summed E-state index contributed by atoms with van der Waals surface area (Å²) in [6.45, 7) is 0.0309. The molecule has 0 aromatic heterocycles. The summed E-state index contributed by atoms with van der Waals surface area (Å²) in [5.41, 5.74) is 0.421. The molecule has 1 aliphatic rings. The SMILES string of the molecule is CN1C(C(=O)C=Cc2cccc(OCCO)c2)=C(O)c2ccccc2S1(=O)=O. The molecule has 0 radical (unpaired) electrons.